The highest BCUT2D eigenvalue weighted by molar-refractivity contribution is 6.36. The highest BCUT2D eigenvalue weighted by atomic mass is 35.5. The second-order valence-corrected chi connectivity index (χ2v) is 6.81. The third-order valence-corrected chi connectivity index (χ3v) is 4.50. The first-order valence-corrected chi connectivity index (χ1v) is 9.19. The van der Waals surface area contributed by atoms with Crippen LogP contribution < -0.4 is 10.6 Å². The zero-order chi connectivity index (χ0) is 22.4. The molecule has 0 spiro atoms. The fraction of sp³-hybridized carbons (Fsp3) is 0.211. The lowest BCUT2D eigenvalue weighted by Crippen LogP contribution is -2.40. The molecule has 2 amide bonds. The predicted molar refractivity (Wildman–Crippen MR) is 104 cm³/mol. The maximum atomic E-state index is 13.5. The second kappa shape index (κ2) is 10.3. The van der Waals surface area contributed by atoms with E-state index in [1.807, 2.05) is 5.32 Å². The summed E-state index contributed by atoms with van der Waals surface area (Å²) in [6, 6.07) is 6.16. The summed E-state index contributed by atoms with van der Waals surface area (Å²) < 4.78 is 44.5. The van der Waals surface area contributed by atoms with Crippen molar-refractivity contribution in [3.05, 3.63) is 63.4 Å². The smallest absolute Gasteiger partial charge is 0.311 e. The number of carbonyl (C=O) groups is 3. The van der Waals surface area contributed by atoms with E-state index in [1.54, 1.807) is 18.2 Å². The Labute approximate surface area is 179 Å². The molecule has 0 aliphatic rings. The number of halogens is 5. The van der Waals surface area contributed by atoms with Crippen LogP contribution >= 0.6 is 23.2 Å². The molecule has 0 aliphatic heterocycles. The van der Waals surface area contributed by atoms with Gasteiger partial charge in [0.1, 0.15) is 0 Å². The van der Waals surface area contributed by atoms with Crippen LogP contribution in [0.15, 0.2) is 30.3 Å². The third kappa shape index (κ3) is 6.11. The number of hydrogen-bond donors (Lipinski definition) is 2. The molecule has 30 heavy (non-hydrogen) atoms. The number of esters is 1. The molecule has 0 bridgehead atoms. The van der Waals surface area contributed by atoms with Gasteiger partial charge in [-0.3, -0.25) is 14.4 Å². The Bertz CT molecular complexity index is 968. The lowest BCUT2D eigenvalue weighted by atomic mass is 10.1. The van der Waals surface area contributed by atoms with E-state index in [1.165, 1.54) is 6.92 Å². The quantitative estimate of drug-likeness (QED) is 0.485. The summed E-state index contributed by atoms with van der Waals surface area (Å²) in [6.45, 7) is 0.643. The minimum Gasteiger partial charge on any atom is -0.452 e. The first-order valence-electron chi connectivity index (χ1n) is 8.43. The van der Waals surface area contributed by atoms with E-state index < -0.39 is 53.6 Å². The lowest BCUT2D eigenvalue weighted by Gasteiger charge is -2.14. The molecular formula is C19H15Cl2F3N2O4. The number of amides is 2. The van der Waals surface area contributed by atoms with Gasteiger partial charge >= 0.3 is 5.97 Å². The molecule has 0 fully saturated rings. The monoisotopic (exact) mass is 462 g/mol. The first-order chi connectivity index (χ1) is 14.1. The molecule has 2 rings (SSSR count). The molecule has 0 heterocycles. The van der Waals surface area contributed by atoms with Gasteiger partial charge in [-0.2, -0.15) is 0 Å². The zero-order valence-electron chi connectivity index (χ0n) is 15.4. The van der Waals surface area contributed by atoms with Crippen LogP contribution in [0.2, 0.25) is 10.0 Å². The molecule has 11 heteroatoms. The Morgan fingerprint density at radius 1 is 1.03 bits per heavy atom. The number of carbonyl (C=O) groups excluding carboxylic acids is 3. The van der Waals surface area contributed by atoms with E-state index in [-0.39, 0.29) is 16.5 Å². The van der Waals surface area contributed by atoms with Crippen LogP contribution in [-0.4, -0.2) is 30.4 Å². The van der Waals surface area contributed by atoms with Gasteiger partial charge in [-0.25, -0.2) is 13.2 Å². The number of nitrogens with one attached hydrogen (secondary N) is 2. The summed E-state index contributed by atoms with van der Waals surface area (Å²) >= 11 is 11.9. The van der Waals surface area contributed by atoms with Crippen LogP contribution in [0.25, 0.3) is 0 Å². The number of anilines is 1. The Morgan fingerprint density at radius 3 is 2.30 bits per heavy atom. The number of rotatable bonds is 7. The van der Waals surface area contributed by atoms with E-state index in [9.17, 15) is 27.6 Å². The van der Waals surface area contributed by atoms with Crippen LogP contribution in [0.3, 0.4) is 0 Å². The van der Waals surface area contributed by atoms with Crippen molar-refractivity contribution in [2.45, 2.75) is 19.4 Å². The lowest BCUT2D eigenvalue weighted by molar-refractivity contribution is -0.154. The molecule has 0 saturated heterocycles. The van der Waals surface area contributed by atoms with Gasteiger partial charge < -0.3 is 15.4 Å². The molecule has 0 radical (unpaired) electrons. The van der Waals surface area contributed by atoms with Crippen molar-refractivity contribution in [1.29, 1.82) is 0 Å². The summed E-state index contributed by atoms with van der Waals surface area (Å²) in [5.74, 6) is -7.22. The Morgan fingerprint density at radius 2 is 1.67 bits per heavy atom. The van der Waals surface area contributed by atoms with E-state index in [2.05, 4.69) is 5.32 Å². The number of ether oxygens (including phenoxy) is 1. The molecular weight excluding hydrogens is 448 g/mol. The van der Waals surface area contributed by atoms with Crippen molar-refractivity contribution >= 4 is 46.7 Å². The van der Waals surface area contributed by atoms with Gasteiger partial charge in [0.15, 0.2) is 23.6 Å². The predicted octanol–water partition coefficient (Wildman–Crippen LogP) is 3.64. The minimum absolute atomic E-state index is 0.262. The molecule has 0 saturated carbocycles. The largest absolute Gasteiger partial charge is 0.452 e. The summed E-state index contributed by atoms with van der Waals surface area (Å²) in [4.78, 5) is 35.8. The van der Waals surface area contributed by atoms with Crippen molar-refractivity contribution in [3.8, 4) is 0 Å². The standard InChI is InChI=1S/C19H15Cl2F3N2O4/c1-9(30-16(28)7-10-11(20)3-2-4-12(10)21)19(29)25-8-15(27)26-14-6-5-13(22)17(23)18(14)24/h2-6,9H,7-8H2,1H3,(H,25,29)(H,26,27). The van der Waals surface area contributed by atoms with Gasteiger partial charge in [0.2, 0.25) is 5.91 Å². The maximum Gasteiger partial charge on any atom is 0.311 e. The molecule has 160 valence electrons. The van der Waals surface area contributed by atoms with E-state index >= 15 is 0 Å². The van der Waals surface area contributed by atoms with Crippen LogP contribution in [-0.2, 0) is 25.5 Å². The van der Waals surface area contributed by atoms with Gasteiger partial charge in [-0.05, 0) is 31.2 Å². The Balaban J connectivity index is 1.85. The average molecular weight is 463 g/mol. The Kier molecular flexibility index (Phi) is 8.08. The molecule has 0 aliphatic carbocycles. The summed E-state index contributed by atoms with van der Waals surface area (Å²) in [7, 11) is 0. The number of hydrogen-bond acceptors (Lipinski definition) is 4. The average Bonchev–Trinajstić information content (AvgIpc) is 2.69. The molecule has 1 atom stereocenters. The van der Waals surface area contributed by atoms with E-state index in [0.29, 0.717) is 11.6 Å². The summed E-state index contributed by atoms with van der Waals surface area (Å²) in [6.07, 6.45) is -1.53. The first kappa shape index (κ1) is 23.5. The van der Waals surface area contributed by atoms with Crippen LogP contribution in [0.4, 0.5) is 18.9 Å². The van der Waals surface area contributed by atoms with Crippen LogP contribution in [0, 0.1) is 17.5 Å². The van der Waals surface area contributed by atoms with Crippen molar-refractivity contribution in [2.24, 2.45) is 0 Å². The topological polar surface area (TPSA) is 84.5 Å². The normalized spacial score (nSPS) is 11.5. The van der Waals surface area contributed by atoms with Crippen molar-refractivity contribution in [2.75, 3.05) is 11.9 Å². The summed E-state index contributed by atoms with van der Waals surface area (Å²) in [5.41, 5.74) is -0.254. The maximum absolute atomic E-state index is 13.5. The SMILES string of the molecule is CC(OC(=O)Cc1c(Cl)cccc1Cl)C(=O)NCC(=O)Nc1ccc(F)c(F)c1F. The van der Waals surface area contributed by atoms with Gasteiger partial charge in [0.05, 0.1) is 18.7 Å². The molecule has 1 unspecified atom stereocenters. The molecule has 2 aromatic rings. The number of benzene rings is 2. The minimum atomic E-state index is -1.74. The van der Waals surface area contributed by atoms with Gasteiger partial charge in [-0.15, -0.1) is 0 Å². The fourth-order valence-electron chi connectivity index (χ4n) is 2.27. The van der Waals surface area contributed by atoms with Crippen molar-refractivity contribution in [3.63, 3.8) is 0 Å². The highest BCUT2D eigenvalue weighted by Crippen LogP contribution is 2.25. The van der Waals surface area contributed by atoms with Crippen molar-refractivity contribution in [1.82, 2.24) is 5.32 Å². The summed E-state index contributed by atoms with van der Waals surface area (Å²) in [5, 5.41) is 4.68. The van der Waals surface area contributed by atoms with Crippen LogP contribution in [0.5, 0.6) is 0 Å². The van der Waals surface area contributed by atoms with Gasteiger partial charge in [0.25, 0.3) is 5.91 Å². The highest BCUT2D eigenvalue weighted by Gasteiger charge is 2.21. The third-order valence-electron chi connectivity index (χ3n) is 3.79. The molecule has 0 aromatic heterocycles. The molecule has 2 aromatic carbocycles. The van der Waals surface area contributed by atoms with E-state index in [0.717, 1.165) is 6.07 Å². The fourth-order valence-corrected chi connectivity index (χ4v) is 2.80. The van der Waals surface area contributed by atoms with Crippen molar-refractivity contribution < 1.29 is 32.3 Å². The second-order valence-electron chi connectivity index (χ2n) is 6.00. The zero-order valence-corrected chi connectivity index (χ0v) is 16.9. The molecule has 2 N–H and O–H groups in total. The Hall–Kier alpha value is -2.78. The van der Waals surface area contributed by atoms with Crippen LogP contribution in [0.1, 0.15) is 12.5 Å². The van der Waals surface area contributed by atoms with E-state index in [4.69, 9.17) is 27.9 Å². The van der Waals surface area contributed by atoms with Gasteiger partial charge in [0, 0.05) is 15.6 Å². The van der Waals surface area contributed by atoms with Gasteiger partial charge in [-0.1, -0.05) is 29.3 Å². The molecule has 6 nitrogen and oxygen atoms in total.